The first-order valence-corrected chi connectivity index (χ1v) is 8.46. The Hall–Kier alpha value is -3.15. The fourth-order valence-electron chi connectivity index (χ4n) is 2.67. The molecule has 6 heteroatoms. The van der Waals surface area contributed by atoms with Crippen LogP contribution in [0.25, 0.3) is 10.8 Å². The molecule has 0 fully saturated rings. The monoisotopic (exact) mass is 352 g/mol. The Kier molecular flexibility index (Phi) is 5.31. The Balaban J connectivity index is 1.72. The van der Waals surface area contributed by atoms with E-state index in [0.717, 1.165) is 11.3 Å². The summed E-state index contributed by atoms with van der Waals surface area (Å²) in [6.07, 6.45) is 0. The SMILES string of the molecule is CCn1nc(C(=O)OCCOc2cccc(C)c2)c2ccccc2c1=O. The van der Waals surface area contributed by atoms with Crippen LogP contribution in [0.4, 0.5) is 0 Å². The highest BCUT2D eigenvalue weighted by molar-refractivity contribution is 6.02. The van der Waals surface area contributed by atoms with E-state index in [9.17, 15) is 9.59 Å². The molecule has 26 heavy (non-hydrogen) atoms. The minimum atomic E-state index is -0.573. The van der Waals surface area contributed by atoms with Gasteiger partial charge in [-0.2, -0.15) is 5.10 Å². The quantitative estimate of drug-likeness (QED) is 0.504. The molecule has 2 aromatic carbocycles. The maximum absolute atomic E-state index is 12.4. The van der Waals surface area contributed by atoms with E-state index in [1.165, 1.54) is 4.68 Å². The smallest absolute Gasteiger partial charge is 0.359 e. The van der Waals surface area contributed by atoms with Gasteiger partial charge in [-0.25, -0.2) is 9.48 Å². The molecule has 0 aliphatic rings. The van der Waals surface area contributed by atoms with Gasteiger partial charge < -0.3 is 9.47 Å². The summed E-state index contributed by atoms with van der Waals surface area (Å²) in [4.78, 5) is 24.8. The Labute approximate surface area is 151 Å². The van der Waals surface area contributed by atoms with Crippen LogP contribution in [-0.2, 0) is 11.3 Å². The van der Waals surface area contributed by atoms with Crippen molar-refractivity contribution in [3.8, 4) is 5.75 Å². The van der Waals surface area contributed by atoms with Crippen molar-refractivity contribution < 1.29 is 14.3 Å². The Bertz CT molecular complexity index is 995. The van der Waals surface area contributed by atoms with Gasteiger partial charge in [0.1, 0.15) is 19.0 Å². The first kappa shape index (κ1) is 17.7. The lowest BCUT2D eigenvalue weighted by Gasteiger charge is -2.10. The molecule has 0 aliphatic carbocycles. The maximum Gasteiger partial charge on any atom is 0.359 e. The van der Waals surface area contributed by atoms with Crippen molar-refractivity contribution in [2.24, 2.45) is 0 Å². The number of carbonyl (C=O) groups excluding carboxylic acids is 1. The predicted molar refractivity (Wildman–Crippen MR) is 98.6 cm³/mol. The topological polar surface area (TPSA) is 70.4 Å². The molecule has 6 nitrogen and oxygen atoms in total. The molecular weight excluding hydrogens is 332 g/mol. The zero-order valence-corrected chi connectivity index (χ0v) is 14.8. The molecule has 0 saturated carbocycles. The third-order valence-electron chi connectivity index (χ3n) is 3.94. The van der Waals surface area contributed by atoms with E-state index in [2.05, 4.69) is 5.10 Å². The first-order chi connectivity index (χ1) is 12.6. The van der Waals surface area contributed by atoms with Gasteiger partial charge in [-0.1, -0.05) is 30.3 Å². The number of aromatic nitrogens is 2. The highest BCUT2D eigenvalue weighted by atomic mass is 16.6. The average molecular weight is 352 g/mol. The van der Waals surface area contributed by atoms with Crippen LogP contribution in [0.5, 0.6) is 5.75 Å². The largest absolute Gasteiger partial charge is 0.490 e. The molecule has 0 spiro atoms. The second-order valence-corrected chi connectivity index (χ2v) is 5.82. The van der Waals surface area contributed by atoms with Crippen LogP contribution in [-0.4, -0.2) is 29.0 Å². The van der Waals surface area contributed by atoms with Crippen LogP contribution in [0.1, 0.15) is 23.0 Å². The van der Waals surface area contributed by atoms with Crippen LogP contribution in [0, 0.1) is 6.92 Å². The zero-order valence-electron chi connectivity index (χ0n) is 14.8. The molecule has 3 rings (SSSR count). The maximum atomic E-state index is 12.4. The van der Waals surface area contributed by atoms with E-state index in [-0.39, 0.29) is 24.5 Å². The molecular formula is C20H20N2O4. The van der Waals surface area contributed by atoms with Gasteiger partial charge in [0.05, 0.1) is 5.39 Å². The summed E-state index contributed by atoms with van der Waals surface area (Å²) in [6, 6.07) is 14.5. The van der Waals surface area contributed by atoms with Crippen molar-refractivity contribution in [2.45, 2.75) is 20.4 Å². The van der Waals surface area contributed by atoms with Crippen molar-refractivity contribution >= 4 is 16.7 Å². The molecule has 3 aromatic rings. The van der Waals surface area contributed by atoms with Gasteiger partial charge in [0.2, 0.25) is 0 Å². The van der Waals surface area contributed by atoms with Crippen molar-refractivity contribution in [3.05, 3.63) is 70.1 Å². The number of benzene rings is 2. The lowest BCUT2D eigenvalue weighted by Crippen LogP contribution is -2.26. The summed E-state index contributed by atoms with van der Waals surface area (Å²) >= 11 is 0. The number of nitrogens with zero attached hydrogens (tertiary/aromatic N) is 2. The number of aryl methyl sites for hydroxylation is 2. The van der Waals surface area contributed by atoms with Gasteiger partial charge in [-0.15, -0.1) is 0 Å². The van der Waals surface area contributed by atoms with Gasteiger partial charge >= 0.3 is 5.97 Å². The summed E-state index contributed by atoms with van der Waals surface area (Å²) in [6.45, 7) is 4.48. The predicted octanol–water partition coefficient (Wildman–Crippen LogP) is 2.96. The summed E-state index contributed by atoms with van der Waals surface area (Å²) in [7, 11) is 0. The third-order valence-corrected chi connectivity index (χ3v) is 3.94. The Morgan fingerprint density at radius 1 is 1.08 bits per heavy atom. The highest BCUT2D eigenvalue weighted by Gasteiger charge is 2.17. The molecule has 1 heterocycles. The summed E-state index contributed by atoms with van der Waals surface area (Å²) in [5, 5.41) is 5.10. The molecule has 0 N–H and O–H groups in total. The van der Waals surface area contributed by atoms with Gasteiger partial charge in [0, 0.05) is 11.9 Å². The molecule has 0 saturated heterocycles. The molecule has 0 atom stereocenters. The normalized spacial score (nSPS) is 10.7. The summed E-state index contributed by atoms with van der Waals surface area (Å²) in [5.41, 5.74) is 1.01. The molecule has 0 bridgehead atoms. The van der Waals surface area contributed by atoms with Crippen molar-refractivity contribution in [1.29, 1.82) is 0 Å². The van der Waals surface area contributed by atoms with Crippen molar-refractivity contribution in [2.75, 3.05) is 13.2 Å². The van der Waals surface area contributed by atoms with Crippen LogP contribution in [0.3, 0.4) is 0 Å². The van der Waals surface area contributed by atoms with Crippen LogP contribution in [0.2, 0.25) is 0 Å². The molecule has 0 amide bonds. The standard InChI is InChI=1S/C20H20N2O4/c1-3-22-19(23)17-10-5-4-9-16(17)18(21-22)20(24)26-12-11-25-15-8-6-7-14(2)13-15/h4-10,13H,3,11-12H2,1-2H3. The van der Waals surface area contributed by atoms with Crippen LogP contribution >= 0.6 is 0 Å². The molecule has 0 radical (unpaired) electrons. The lowest BCUT2D eigenvalue weighted by atomic mass is 10.1. The Morgan fingerprint density at radius 2 is 1.85 bits per heavy atom. The number of fused-ring (bicyclic) bond motifs is 1. The highest BCUT2D eigenvalue weighted by Crippen LogP contribution is 2.15. The Morgan fingerprint density at radius 3 is 2.58 bits per heavy atom. The lowest BCUT2D eigenvalue weighted by molar-refractivity contribution is 0.0443. The molecule has 134 valence electrons. The molecule has 0 unspecified atom stereocenters. The van der Waals surface area contributed by atoms with E-state index < -0.39 is 5.97 Å². The van der Waals surface area contributed by atoms with Crippen molar-refractivity contribution in [1.82, 2.24) is 9.78 Å². The van der Waals surface area contributed by atoms with Crippen LogP contribution < -0.4 is 10.3 Å². The number of ether oxygens (including phenoxy) is 2. The number of carbonyl (C=O) groups is 1. The van der Waals surface area contributed by atoms with E-state index in [1.54, 1.807) is 31.2 Å². The van der Waals surface area contributed by atoms with E-state index in [1.807, 2.05) is 31.2 Å². The van der Waals surface area contributed by atoms with E-state index in [4.69, 9.17) is 9.47 Å². The number of hydrogen-bond donors (Lipinski definition) is 0. The second kappa shape index (κ2) is 7.82. The second-order valence-electron chi connectivity index (χ2n) is 5.82. The van der Waals surface area contributed by atoms with Gasteiger partial charge in [0.15, 0.2) is 5.69 Å². The number of rotatable bonds is 6. The van der Waals surface area contributed by atoms with Gasteiger partial charge in [-0.3, -0.25) is 4.79 Å². The zero-order chi connectivity index (χ0) is 18.5. The van der Waals surface area contributed by atoms with E-state index >= 15 is 0 Å². The number of hydrogen-bond acceptors (Lipinski definition) is 5. The fraction of sp³-hybridized carbons (Fsp3) is 0.250. The van der Waals surface area contributed by atoms with Crippen LogP contribution in [0.15, 0.2) is 53.3 Å². The summed E-state index contributed by atoms with van der Waals surface area (Å²) in [5.74, 6) is 0.153. The minimum absolute atomic E-state index is 0.0913. The fourth-order valence-corrected chi connectivity index (χ4v) is 2.67. The molecule has 1 aromatic heterocycles. The van der Waals surface area contributed by atoms with Gasteiger partial charge in [0.25, 0.3) is 5.56 Å². The minimum Gasteiger partial charge on any atom is -0.490 e. The first-order valence-electron chi connectivity index (χ1n) is 8.46. The van der Waals surface area contributed by atoms with Gasteiger partial charge in [-0.05, 0) is 37.6 Å². The third kappa shape index (κ3) is 3.74. The number of esters is 1. The van der Waals surface area contributed by atoms with Crippen molar-refractivity contribution in [3.63, 3.8) is 0 Å². The van der Waals surface area contributed by atoms with E-state index in [0.29, 0.717) is 17.3 Å². The molecule has 0 aliphatic heterocycles. The summed E-state index contributed by atoms with van der Waals surface area (Å²) < 4.78 is 12.1. The average Bonchev–Trinajstić information content (AvgIpc) is 2.66.